The van der Waals surface area contributed by atoms with Crippen molar-refractivity contribution in [2.75, 3.05) is 0 Å². The average Bonchev–Trinajstić information content (AvgIpc) is 2.41. The third-order valence-electron chi connectivity index (χ3n) is 2.76. The largest absolute Gasteiger partial charge is 0.260 e. The van der Waals surface area contributed by atoms with Crippen LogP contribution in [-0.2, 0) is 15.8 Å². The zero-order valence-electron chi connectivity index (χ0n) is 11.0. The molecule has 0 aliphatic rings. The van der Waals surface area contributed by atoms with E-state index >= 15 is 0 Å². The van der Waals surface area contributed by atoms with Gasteiger partial charge in [0.15, 0.2) is 0 Å². The molecule has 1 N–H and O–H groups in total. The van der Waals surface area contributed by atoms with Gasteiger partial charge in [-0.25, -0.2) is 13.1 Å². The van der Waals surface area contributed by atoms with Crippen molar-refractivity contribution in [3.63, 3.8) is 0 Å². The number of hydrogen-bond donors (Lipinski definition) is 1. The Morgan fingerprint density at radius 1 is 1.20 bits per heavy atom. The lowest BCUT2D eigenvalue weighted by molar-refractivity contribution is 0.563. The van der Waals surface area contributed by atoms with Crippen LogP contribution in [0.5, 0.6) is 0 Å². The van der Waals surface area contributed by atoms with Gasteiger partial charge in [0.2, 0.25) is 10.0 Å². The van der Waals surface area contributed by atoms with Gasteiger partial charge in [-0.1, -0.05) is 29.8 Å². The number of rotatable bonds is 5. The quantitative estimate of drug-likeness (QED) is 0.923. The van der Waals surface area contributed by atoms with E-state index in [0.717, 1.165) is 0 Å². The SMILES string of the molecule is C[C@@H](NS(=O)(=O)Cc1ccc(Cl)cc1)c1ccccn1. The summed E-state index contributed by atoms with van der Waals surface area (Å²) >= 11 is 5.77. The molecule has 0 amide bonds. The van der Waals surface area contributed by atoms with Crippen molar-refractivity contribution in [1.29, 1.82) is 0 Å². The fraction of sp³-hybridized carbons (Fsp3) is 0.214. The van der Waals surface area contributed by atoms with E-state index in [2.05, 4.69) is 9.71 Å². The van der Waals surface area contributed by atoms with Crippen LogP contribution in [0.4, 0.5) is 0 Å². The molecular weight excluding hydrogens is 296 g/mol. The molecule has 0 saturated carbocycles. The summed E-state index contributed by atoms with van der Waals surface area (Å²) in [6, 6.07) is 11.8. The highest BCUT2D eigenvalue weighted by molar-refractivity contribution is 7.88. The molecule has 1 aromatic carbocycles. The van der Waals surface area contributed by atoms with Crippen LogP contribution in [0.2, 0.25) is 5.02 Å². The molecule has 0 unspecified atom stereocenters. The topological polar surface area (TPSA) is 59.1 Å². The number of sulfonamides is 1. The van der Waals surface area contributed by atoms with E-state index < -0.39 is 10.0 Å². The maximum absolute atomic E-state index is 12.1. The Bertz CT molecular complexity index is 657. The van der Waals surface area contributed by atoms with Crippen LogP contribution in [0.25, 0.3) is 0 Å². The average molecular weight is 311 g/mol. The summed E-state index contributed by atoms with van der Waals surface area (Å²) in [5.74, 6) is -0.0820. The summed E-state index contributed by atoms with van der Waals surface area (Å²) in [6.07, 6.45) is 1.64. The maximum Gasteiger partial charge on any atom is 0.216 e. The van der Waals surface area contributed by atoms with Crippen molar-refractivity contribution >= 4 is 21.6 Å². The maximum atomic E-state index is 12.1. The third kappa shape index (κ3) is 4.30. The molecule has 1 heterocycles. The molecule has 0 aliphatic heterocycles. The Morgan fingerprint density at radius 3 is 2.50 bits per heavy atom. The van der Waals surface area contributed by atoms with Crippen LogP contribution >= 0.6 is 11.6 Å². The van der Waals surface area contributed by atoms with E-state index in [4.69, 9.17) is 11.6 Å². The third-order valence-corrected chi connectivity index (χ3v) is 4.44. The van der Waals surface area contributed by atoms with Gasteiger partial charge in [-0.15, -0.1) is 0 Å². The van der Waals surface area contributed by atoms with Crippen molar-refractivity contribution in [2.45, 2.75) is 18.7 Å². The Kier molecular flexibility index (Phi) is 4.75. The first-order chi connectivity index (χ1) is 9.46. The zero-order valence-corrected chi connectivity index (χ0v) is 12.5. The molecule has 106 valence electrons. The van der Waals surface area contributed by atoms with Crippen molar-refractivity contribution in [3.05, 3.63) is 64.9 Å². The second-order valence-corrected chi connectivity index (χ2v) is 6.67. The molecule has 1 aromatic heterocycles. The minimum Gasteiger partial charge on any atom is -0.260 e. The molecule has 0 bridgehead atoms. The lowest BCUT2D eigenvalue weighted by Gasteiger charge is -2.13. The van der Waals surface area contributed by atoms with Crippen LogP contribution in [0.1, 0.15) is 24.2 Å². The molecule has 4 nitrogen and oxygen atoms in total. The second-order valence-electron chi connectivity index (χ2n) is 4.48. The molecule has 0 spiro atoms. The predicted molar refractivity (Wildman–Crippen MR) is 79.9 cm³/mol. The number of halogens is 1. The minimum atomic E-state index is -3.43. The first kappa shape index (κ1) is 15.0. The van der Waals surface area contributed by atoms with Crippen LogP contribution in [0, 0.1) is 0 Å². The molecule has 0 aliphatic carbocycles. The second kappa shape index (κ2) is 6.35. The van der Waals surface area contributed by atoms with E-state index in [0.29, 0.717) is 16.3 Å². The van der Waals surface area contributed by atoms with Gasteiger partial charge < -0.3 is 0 Å². The van der Waals surface area contributed by atoms with Gasteiger partial charge in [-0.2, -0.15) is 0 Å². The van der Waals surface area contributed by atoms with Crippen molar-refractivity contribution in [2.24, 2.45) is 0 Å². The number of benzene rings is 1. The molecular formula is C14H15ClN2O2S. The summed E-state index contributed by atoms with van der Waals surface area (Å²) in [5.41, 5.74) is 1.38. The van der Waals surface area contributed by atoms with Gasteiger partial charge in [0.1, 0.15) is 0 Å². The van der Waals surface area contributed by atoms with Crippen molar-refractivity contribution in [1.82, 2.24) is 9.71 Å². The van der Waals surface area contributed by atoms with Crippen LogP contribution in [0.3, 0.4) is 0 Å². The van der Waals surface area contributed by atoms with E-state index in [1.807, 2.05) is 6.07 Å². The smallest absolute Gasteiger partial charge is 0.216 e. The lowest BCUT2D eigenvalue weighted by atomic mass is 10.2. The molecule has 6 heteroatoms. The van der Waals surface area contributed by atoms with E-state index in [1.165, 1.54) is 0 Å². The highest BCUT2D eigenvalue weighted by atomic mass is 35.5. The fourth-order valence-electron chi connectivity index (χ4n) is 1.80. The number of nitrogens with zero attached hydrogens (tertiary/aromatic N) is 1. The van der Waals surface area contributed by atoms with Crippen LogP contribution in [-0.4, -0.2) is 13.4 Å². The Labute approximate surface area is 123 Å². The molecule has 1 atom stereocenters. The summed E-state index contributed by atoms with van der Waals surface area (Å²) in [7, 11) is -3.43. The number of nitrogens with one attached hydrogen (secondary N) is 1. The van der Waals surface area contributed by atoms with Gasteiger partial charge >= 0.3 is 0 Å². The number of pyridine rings is 1. The van der Waals surface area contributed by atoms with Crippen molar-refractivity contribution in [3.8, 4) is 0 Å². The molecule has 0 saturated heterocycles. The van der Waals surface area contributed by atoms with Gasteiger partial charge in [0.25, 0.3) is 0 Å². The summed E-state index contributed by atoms with van der Waals surface area (Å²) in [5, 5.41) is 0.584. The van der Waals surface area contributed by atoms with E-state index in [1.54, 1.807) is 49.5 Å². The zero-order chi connectivity index (χ0) is 14.6. The summed E-state index contributed by atoms with van der Waals surface area (Å²) < 4.78 is 26.8. The normalized spacial score (nSPS) is 13.1. The monoisotopic (exact) mass is 310 g/mol. The van der Waals surface area contributed by atoms with E-state index in [-0.39, 0.29) is 11.8 Å². The molecule has 2 aromatic rings. The molecule has 0 radical (unpaired) electrons. The van der Waals surface area contributed by atoms with Crippen LogP contribution in [0.15, 0.2) is 48.7 Å². The first-order valence-corrected chi connectivity index (χ1v) is 8.15. The molecule has 20 heavy (non-hydrogen) atoms. The van der Waals surface area contributed by atoms with Gasteiger partial charge in [0, 0.05) is 11.2 Å². The highest BCUT2D eigenvalue weighted by Gasteiger charge is 2.17. The Morgan fingerprint density at radius 2 is 1.90 bits per heavy atom. The number of hydrogen-bond acceptors (Lipinski definition) is 3. The van der Waals surface area contributed by atoms with Crippen LogP contribution < -0.4 is 4.72 Å². The summed E-state index contributed by atoms with van der Waals surface area (Å²) in [6.45, 7) is 1.77. The first-order valence-electron chi connectivity index (χ1n) is 6.12. The minimum absolute atomic E-state index is 0.0820. The number of aromatic nitrogens is 1. The standard InChI is InChI=1S/C14H15ClN2O2S/c1-11(14-4-2-3-9-16-14)17-20(18,19)10-12-5-7-13(15)8-6-12/h2-9,11,17H,10H2,1H3/t11-/m1/s1. The Balaban J connectivity index is 2.06. The van der Waals surface area contributed by atoms with Crippen molar-refractivity contribution < 1.29 is 8.42 Å². The Hall–Kier alpha value is -1.43. The van der Waals surface area contributed by atoms with Gasteiger partial charge in [-0.3, -0.25) is 4.98 Å². The predicted octanol–water partition coefficient (Wildman–Crippen LogP) is 2.92. The summed E-state index contributed by atoms with van der Waals surface area (Å²) in [4.78, 5) is 4.14. The van der Waals surface area contributed by atoms with Gasteiger partial charge in [0.05, 0.1) is 17.5 Å². The lowest BCUT2D eigenvalue weighted by Crippen LogP contribution is -2.28. The highest BCUT2D eigenvalue weighted by Crippen LogP contribution is 2.14. The molecule has 2 rings (SSSR count). The van der Waals surface area contributed by atoms with E-state index in [9.17, 15) is 8.42 Å². The fourth-order valence-corrected chi connectivity index (χ4v) is 3.30. The van der Waals surface area contributed by atoms with Gasteiger partial charge in [-0.05, 0) is 36.8 Å². The molecule has 0 fully saturated rings.